The van der Waals surface area contributed by atoms with Crippen LogP contribution in [0.5, 0.6) is 11.5 Å². The number of likely N-dealkylation sites (tertiary alicyclic amines) is 1. The second kappa shape index (κ2) is 9.18. The molecule has 0 aromatic heterocycles. The molecule has 2 heterocycles. The maximum Gasteiger partial charge on any atom is 0.254 e. The van der Waals surface area contributed by atoms with Crippen molar-refractivity contribution in [2.45, 2.75) is 50.6 Å². The fraction of sp³-hybridized carbons (Fsp3) is 0.481. The lowest BCUT2D eigenvalue weighted by atomic mass is 9.88. The first kappa shape index (κ1) is 22.0. The summed E-state index contributed by atoms with van der Waals surface area (Å²) >= 11 is 0. The molecule has 2 aromatic carbocycles. The van der Waals surface area contributed by atoms with E-state index in [1.165, 1.54) is 19.3 Å². The molecule has 0 bridgehead atoms. The Balaban J connectivity index is 1.22. The number of benzene rings is 2. The number of hydrogen-bond donors (Lipinski definition) is 0. The van der Waals surface area contributed by atoms with Gasteiger partial charge in [-0.3, -0.25) is 9.59 Å². The van der Waals surface area contributed by atoms with Crippen LogP contribution in [0.4, 0.5) is 0 Å². The zero-order valence-electron chi connectivity index (χ0n) is 19.6. The first-order valence-corrected chi connectivity index (χ1v) is 12.2. The van der Waals surface area contributed by atoms with Crippen LogP contribution in [0.2, 0.25) is 0 Å². The standard InChI is InChI=1S/C27H33N3O3/c1-28(2)26(31)19-6-8-23(9-7-19)33-24-10-11-25-20(18-24)12-17-30(27(25)32)22-13-15-29(16-14-22)21-4-3-5-21/h6-11,18,21-22H,3-5,12-17H2,1-2H3. The van der Waals surface area contributed by atoms with Crippen LogP contribution >= 0.6 is 0 Å². The Bertz CT molecular complexity index is 1020. The van der Waals surface area contributed by atoms with Gasteiger partial charge in [0.05, 0.1) is 0 Å². The Morgan fingerprint density at radius 1 is 0.909 bits per heavy atom. The van der Waals surface area contributed by atoms with Crippen molar-refractivity contribution in [3.63, 3.8) is 0 Å². The highest BCUT2D eigenvalue weighted by Crippen LogP contribution is 2.32. The van der Waals surface area contributed by atoms with Crippen molar-refractivity contribution < 1.29 is 14.3 Å². The summed E-state index contributed by atoms with van der Waals surface area (Å²) < 4.78 is 6.01. The van der Waals surface area contributed by atoms with Crippen molar-refractivity contribution in [3.05, 3.63) is 59.2 Å². The monoisotopic (exact) mass is 447 g/mol. The third kappa shape index (κ3) is 4.49. The molecule has 33 heavy (non-hydrogen) atoms. The molecule has 1 saturated heterocycles. The van der Waals surface area contributed by atoms with Gasteiger partial charge in [-0.05, 0) is 80.1 Å². The summed E-state index contributed by atoms with van der Waals surface area (Å²) in [4.78, 5) is 31.6. The van der Waals surface area contributed by atoms with Gasteiger partial charge in [-0.25, -0.2) is 0 Å². The van der Waals surface area contributed by atoms with Gasteiger partial charge in [0.15, 0.2) is 0 Å². The molecule has 2 amide bonds. The van der Waals surface area contributed by atoms with Crippen LogP contribution < -0.4 is 4.74 Å². The molecular weight excluding hydrogens is 414 g/mol. The van der Waals surface area contributed by atoms with E-state index in [1.54, 1.807) is 43.3 Å². The maximum atomic E-state index is 13.3. The predicted molar refractivity (Wildman–Crippen MR) is 128 cm³/mol. The van der Waals surface area contributed by atoms with Crippen LogP contribution in [0, 0.1) is 0 Å². The van der Waals surface area contributed by atoms with Crippen molar-refractivity contribution in [2.24, 2.45) is 0 Å². The molecule has 2 fully saturated rings. The number of hydrogen-bond acceptors (Lipinski definition) is 4. The van der Waals surface area contributed by atoms with E-state index in [0.29, 0.717) is 17.4 Å². The van der Waals surface area contributed by atoms with E-state index in [4.69, 9.17) is 4.74 Å². The smallest absolute Gasteiger partial charge is 0.254 e. The van der Waals surface area contributed by atoms with Crippen LogP contribution in [-0.2, 0) is 6.42 Å². The number of fused-ring (bicyclic) bond motifs is 1. The minimum atomic E-state index is -0.0351. The van der Waals surface area contributed by atoms with Gasteiger partial charge in [-0.15, -0.1) is 0 Å². The molecule has 0 unspecified atom stereocenters. The number of amides is 2. The Hall–Kier alpha value is -2.86. The van der Waals surface area contributed by atoms with Gasteiger partial charge >= 0.3 is 0 Å². The maximum absolute atomic E-state index is 13.3. The van der Waals surface area contributed by atoms with Gasteiger partial charge < -0.3 is 19.4 Å². The van der Waals surface area contributed by atoms with Gasteiger partial charge in [0.25, 0.3) is 11.8 Å². The van der Waals surface area contributed by atoms with Crippen molar-refractivity contribution in [1.29, 1.82) is 0 Å². The van der Waals surface area contributed by atoms with E-state index in [-0.39, 0.29) is 11.8 Å². The molecule has 2 aromatic rings. The van der Waals surface area contributed by atoms with Crippen molar-refractivity contribution in [1.82, 2.24) is 14.7 Å². The molecule has 0 atom stereocenters. The van der Waals surface area contributed by atoms with E-state index in [1.807, 2.05) is 18.2 Å². The molecule has 6 heteroatoms. The van der Waals surface area contributed by atoms with Gasteiger partial charge in [0, 0.05) is 56.9 Å². The number of carbonyl (C=O) groups is 2. The summed E-state index contributed by atoms with van der Waals surface area (Å²) in [6, 6.07) is 14.1. The number of piperidine rings is 1. The van der Waals surface area contributed by atoms with Crippen LogP contribution in [0.25, 0.3) is 0 Å². The molecule has 174 valence electrons. The third-order valence-electron chi connectivity index (χ3n) is 7.46. The van der Waals surface area contributed by atoms with Crippen LogP contribution in [0.3, 0.4) is 0 Å². The quantitative estimate of drug-likeness (QED) is 0.690. The Kier molecular flexibility index (Phi) is 6.11. The first-order chi connectivity index (χ1) is 16.0. The lowest BCUT2D eigenvalue weighted by Crippen LogP contribution is -2.52. The highest BCUT2D eigenvalue weighted by molar-refractivity contribution is 5.97. The summed E-state index contributed by atoms with van der Waals surface area (Å²) in [5.74, 6) is 1.52. The number of rotatable bonds is 5. The molecular formula is C27H33N3O3. The third-order valence-corrected chi connectivity index (χ3v) is 7.46. The van der Waals surface area contributed by atoms with E-state index < -0.39 is 0 Å². The summed E-state index contributed by atoms with van der Waals surface area (Å²) in [5.41, 5.74) is 2.49. The number of ether oxygens (including phenoxy) is 1. The first-order valence-electron chi connectivity index (χ1n) is 12.2. The SMILES string of the molecule is CN(C)C(=O)c1ccc(Oc2ccc3c(c2)CCN(C2CCN(C4CCC4)CC2)C3=O)cc1. The fourth-order valence-electron chi connectivity index (χ4n) is 5.27. The largest absolute Gasteiger partial charge is 0.457 e. The van der Waals surface area contributed by atoms with Crippen LogP contribution in [-0.4, -0.2) is 72.3 Å². The molecule has 0 radical (unpaired) electrons. The topological polar surface area (TPSA) is 53.1 Å². The van der Waals surface area contributed by atoms with E-state index in [9.17, 15) is 9.59 Å². The van der Waals surface area contributed by atoms with Gasteiger partial charge in [-0.2, -0.15) is 0 Å². The average molecular weight is 448 g/mol. The van der Waals surface area contributed by atoms with Crippen LogP contribution in [0.1, 0.15) is 58.4 Å². The summed E-state index contributed by atoms with van der Waals surface area (Å²) in [7, 11) is 3.47. The van der Waals surface area contributed by atoms with E-state index >= 15 is 0 Å². The Morgan fingerprint density at radius 3 is 2.24 bits per heavy atom. The number of nitrogens with zero attached hydrogens (tertiary/aromatic N) is 3. The highest BCUT2D eigenvalue weighted by atomic mass is 16.5. The van der Waals surface area contributed by atoms with Gasteiger partial charge in [0.1, 0.15) is 11.5 Å². The molecule has 6 nitrogen and oxygen atoms in total. The summed E-state index contributed by atoms with van der Waals surface area (Å²) in [5, 5.41) is 0. The molecule has 3 aliphatic rings. The molecule has 2 aliphatic heterocycles. The average Bonchev–Trinajstić information content (AvgIpc) is 2.79. The number of carbonyl (C=O) groups excluding carboxylic acids is 2. The van der Waals surface area contributed by atoms with Gasteiger partial charge in [-0.1, -0.05) is 6.42 Å². The lowest BCUT2D eigenvalue weighted by Gasteiger charge is -2.45. The van der Waals surface area contributed by atoms with Gasteiger partial charge in [0.2, 0.25) is 0 Å². The molecule has 0 N–H and O–H groups in total. The van der Waals surface area contributed by atoms with Crippen molar-refractivity contribution in [2.75, 3.05) is 33.7 Å². The molecule has 1 aliphatic carbocycles. The summed E-state index contributed by atoms with van der Waals surface area (Å²) in [6.45, 7) is 3.03. The molecule has 5 rings (SSSR count). The minimum Gasteiger partial charge on any atom is -0.457 e. The highest BCUT2D eigenvalue weighted by Gasteiger charge is 2.34. The van der Waals surface area contributed by atoms with Crippen LogP contribution in [0.15, 0.2) is 42.5 Å². The Labute approximate surface area is 196 Å². The Morgan fingerprint density at radius 2 is 1.61 bits per heavy atom. The second-order valence-corrected chi connectivity index (χ2v) is 9.75. The molecule has 0 spiro atoms. The summed E-state index contributed by atoms with van der Waals surface area (Å²) in [6.07, 6.45) is 7.11. The van der Waals surface area contributed by atoms with E-state index in [2.05, 4.69) is 9.80 Å². The van der Waals surface area contributed by atoms with Crippen molar-refractivity contribution >= 4 is 11.8 Å². The minimum absolute atomic E-state index is 0.0351. The second-order valence-electron chi connectivity index (χ2n) is 9.75. The molecule has 1 saturated carbocycles. The normalized spacial score (nSPS) is 19.7. The van der Waals surface area contributed by atoms with Crippen molar-refractivity contribution in [3.8, 4) is 11.5 Å². The fourth-order valence-corrected chi connectivity index (χ4v) is 5.27. The zero-order chi connectivity index (χ0) is 22.9. The predicted octanol–water partition coefficient (Wildman–Crippen LogP) is 4.20. The zero-order valence-corrected chi connectivity index (χ0v) is 19.6. The lowest BCUT2D eigenvalue weighted by molar-refractivity contribution is 0.0414. The van der Waals surface area contributed by atoms with E-state index in [0.717, 1.165) is 61.8 Å².